The van der Waals surface area contributed by atoms with E-state index in [2.05, 4.69) is 10.2 Å². The van der Waals surface area contributed by atoms with Crippen LogP contribution in [0.15, 0.2) is 42.5 Å². The van der Waals surface area contributed by atoms with Crippen molar-refractivity contribution >= 4 is 10.9 Å². The number of rotatable bonds is 2. The number of aromatic amines is 1. The Morgan fingerprint density at radius 3 is 2.67 bits per heavy atom. The Morgan fingerprint density at radius 1 is 1.11 bits per heavy atom. The van der Waals surface area contributed by atoms with Gasteiger partial charge in [0.25, 0.3) is 0 Å². The third kappa shape index (κ3) is 1.72. The van der Waals surface area contributed by atoms with Crippen molar-refractivity contribution in [1.82, 2.24) is 10.2 Å². The molecule has 2 aromatic carbocycles. The Kier molecular flexibility index (Phi) is 2.48. The van der Waals surface area contributed by atoms with Crippen LogP contribution in [0.1, 0.15) is 5.69 Å². The zero-order valence-corrected chi connectivity index (χ0v) is 9.77. The molecule has 0 atom stereocenters. The van der Waals surface area contributed by atoms with Gasteiger partial charge in [-0.15, -0.1) is 0 Å². The van der Waals surface area contributed by atoms with Gasteiger partial charge in [-0.2, -0.15) is 5.10 Å². The average molecular weight is 242 g/mol. The zero-order chi connectivity index (χ0) is 12.5. The first-order chi connectivity index (χ1) is 8.75. The number of hydrogen-bond acceptors (Lipinski definition) is 2. The summed E-state index contributed by atoms with van der Waals surface area (Å²) in [5, 5.41) is 7.60. The maximum absolute atomic E-state index is 13.9. The molecule has 18 heavy (non-hydrogen) atoms. The first-order valence-electron chi connectivity index (χ1n) is 5.62. The highest BCUT2D eigenvalue weighted by molar-refractivity contribution is 5.88. The first kappa shape index (κ1) is 10.8. The van der Waals surface area contributed by atoms with Crippen LogP contribution in [-0.2, 0) is 0 Å². The fourth-order valence-corrected chi connectivity index (χ4v) is 1.91. The third-order valence-electron chi connectivity index (χ3n) is 2.77. The van der Waals surface area contributed by atoms with E-state index in [0.29, 0.717) is 16.7 Å². The van der Waals surface area contributed by atoms with E-state index < -0.39 is 5.82 Å². The van der Waals surface area contributed by atoms with Crippen molar-refractivity contribution in [1.29, 1.82) is 0 Å². The molecule has 0 bridgehead atoms. The lowest BCUT2D eigenvalue weighted by atomic mass is 10.2. The van der Waals surface area contributed by atoms with E-state index in [4.69, 9.17) is 4.74 Å². The van der Waals surface area contributed by atoms with Crippen molar-refractivity contribution in [2.24, 2.45) is 0 Å². The predicted octanol–water partition coefficient (Wildman–Crippen LogP) is 3.80. The van der Waals surface area contributed by atoms with Gasteiger partial charge in [-0.3, -0.25) is 5.10 Å². The molecule has 1 heterocycles. The van der Waals surface area contributed by atoms with Gasteiger partial charge in [0.2, 0.25) is 0 Å². The van der Waals surface area contributed by atoms with Crippen LogP contribution in [-0.4, -0.2) is 10.2 Å². The van der Waals surface area contributed by atoms with Crippen LogP contribution in [0.4, 0.5) is 4.39 Å². The van der Waals surface area contributed by atoms with Gasteiger partial charge in [0.1, 0.15) is 5.75 Å². The van der Waals surface area contributed by atoms with Crippen LogP contribution >= 0.6 is 0 Å². The highest BCUT2D eigenvalue weighted by Gasteiger charge is 2.14. The number of aryl methyl sites for hydroxylation is 1. The molecule has 90 valence electrons. The third-order valence-corrected chi connectivity index (χ3v) is 2.77. The van der Waals surface area contributed by atoms with Crippen LogP contribution in [0.5, 0.6) is 11.5 Å². The van der Waals surface area contributed by atoms with Crippen LogP contribution in [0, 0.1) is 12.7 Å². The summed E-state index contributed by atoms with van der Waals surface area (Å²) < 4.78 is 19.5. The molecule has 4 heteroatoms. The normalized spacial score (nSPS) is 10.8. The standard InChI is InChI=1S/C14H11FN2O/c1-9-13-12(17-16-9)8-7-11(15)14(13)18-10-5-3-2-4-6-10/h2-8H,1H3,(H,16,17). The molecule has 0 radical (unpaired) electrons. The minimum absolute atomic E-state index is 0.213. The molecule has 1 N–H and O–H groups in total. The quantitative estimate of drug-likeness (QED) is 0.742. The van der Waals surface area contributed by atoms with E-state index in [9.17, 15) is 4.39 Å². The maximum Gasteiger partial charge on any atom is 0.174 e. The molecule has 0 amide bonds. The van der Waals surface area contributed by atoms with E-state index in [-0.39, 0.29) is 5.75 Å². The smallest absolute Gasteiger partial charge is 0.174 e. The van der Waals surface area contributed by atoms with Gasteiger partial charge in [-0.25, -0.2) is 4.39 Å². The number of hydrogen-bond donors (Lipinski definition) is 1. The second kappa shape index (κ2) is 4.14. The summed E-state index contributed by atoms with van der Waals surface area (Å²) in [6.07, 6.45) is 0. The van der Waals surface area contributed by atoms with Crippen LogP contribution in [0.25, 0.3) is 10.9 Å². The Morgan fingerprint density at radius 2 is 1.89 bits per heavy atom. The monoisotopic (exact) mass is 242 g/mol. The van der Waals surface area contributed by atoms with E-state index >= 15 is 0 Å². The van der Waals surface area contributed by atoms with Crippen molar-refractivity contribution < 1.29 is 9.13 Å². The van der Waals surface area contributed by atoms with Crippen molar-refractivity contribution in [3.63, 3.8) is 0 Å². The lowest BCUT2D eigenvalue weighted by Gasteiger charge is -2.08. The number of benzene rings is 2. The van der Waals surface area contributed by atoms with E-state index in [1.54, 1.807) is 18.2 Å². The number of nitrogens with zero attached hydrogens (tertiary/aromatic N) is 1. The van der Waals surface area contributed by atoms with E-state index in [1.807, 2.05) is 25.1 Å². The summed E-state index contributed by atoms with van der Waals surface area (Å²) in [7, 11) is 0. The number of H-pyrrole nitrogens is 1. The zero-order valence-electron chi connectivity index (χ0n) is 9.77. The highest BCUT2D eigenvalue weighted by Crippen LogP contribution is 2.33. The molecule has 1 aromatic heterocycles. The summed E-state index contributed by atoms with van der Waals surface area (Å²) >= 11 is 0. The summed E-state index contributed by atoms with van der Waals surface area (Å²) in [6.45, 7) is 1.84. The van der Waals surface area contributed by atoms with Crippen molar-refractivity contribution in [2.75, 3.05) is 0 Å². The number of halogens is 1. The van der Waals surface area contributed by atoms with E-state index in [1.165, 1.54) is 6.07 Å². The van der Waals surface area contributed by atoms with Gasteiger partial charge in [-0.05, 0) is 31.2 Å². The molecule has 0 fully saturated rings. The van der Waals surface area contributed by atoms with Gasteiger partial charge in [0.15, 0.2) is 11.6 Å². The van der Waals surface area contributed by atoms with Crippen molar-refractivity contribution in [3.05, 3.63) is 54.0 Å². The SMILES string of the molecule is Cc1[nH]nc2ccc(F)c(Oc3ccccc3)c12. The molecule has 0 aliphatic heterocycles. The summed E-state index contributed by atoms with van der Waals surface area (Å²) in [5.74, 6) is 0.422. The Balaban J connectivity index is 2.16. The Labute approximate surface area is 103 Å². The molecule has 0 saturated heterocycles. The van der Waals surface area contributed by atoms with E-state index in [0.717, 1.165) is 5.69 Å². The summed E-state index contributed by atoms with van der Waals surface area (Å²) in [5.41, 5.74) is 1.48. The Bertz CT molecular complexity index is 692. The lowest BCUT2D eigenvalue weighted by Crippen LogP contribution is -1.89. The van der Waals surface area contributed by atoms with Gasteiger partial charge < -0.3 is 4.74 Å². The maximum atomic E-state index is 13.9. The molecule has 3 aromatic rings. The van der Waals surface area contributed by atoms with Gasteiger partial charge >= 0.3 is 0 Å². The predicted molar refractivity (Wildman–Crippen MR) is 67.3 cm³/mol. The first-order valence-corrected chi connectivity index (χ1v) is 5.62. The van der Waals surface area contributed by atoms with Crippen LogP contribution < -0.4 is 4.74 Å². The molecular formula is C14H11FN2O. The molecular weight excluding hydrogens is 231 g/mol. The number of ether oxygens (including phenoxy) is 1. The Hall–Kier alpha value is -2.36. The minimum atomic E-state index is -0.393. The van der Waals surface area contributed by atoms with Crippen molar-refractivity contribution in [3.8, 4) is 11.5 Å². The molecule has 0 unspecified atom stereocenters. The second-order valence-electron chi connectivity index (χ2n) is 4.03. The number of nitrogens with one attached hydrogen (secondary N) is 1. The van der Waals surface area contributed by atoms with Gasteiger partial charge in [-0.1, -0.05) is 18.2 Å². The fourth-order valence-electron chi connectivity index (χ4n) is 1.91. The molecule has 0 saturated carbocycles. The molecule has 0 aliphatic carbocycles. The minimum Gasteiger partial charge on any atom is -0.453 e. The summed E-state index contributed by atoms with van der Waals surface area (Å²) in [4.78, 5) is 0. The number of fused-ring (bicyclic) bond motifs is 1. The topological polar surface area (TPSA) is 37.9 Å². The number of para-hydroxylation sites is 1. The highest BCUT2D eigenvalue weighted by atomic mass is 19.1. The molecule has 3 rings (SSSR count). The average Bonchev–Trinajstić information content (AvgIpc) is 2.76. The fraction of sp³-hybridized carbons (Fsp3) is 0.0714. The molecule has 0 aliphatic rings. The number of aromatic nitrogens is 2. The van der Waals surface area contributed by atoms with Crippen molar-refractivity contribution in [2.45, 2.75) is 6.92 Å². The van der Waals surface area contributed by atoms with Gasteiger partial charge in [0.05, 0.1) is 10.9 Å². The summed E-state index contributed by atoms with van der Waals surface area (Å²) in [6, 6.07) is 12.1. The molecule has 3 nitrogen and oxygen atoms in total. The van der Waals surface area contributed by atoms with Crippen LogP contribution in [0.2, 0.25) is 0 Å². The van der Waals surface area contributed by atoms with Gasteiger partial charge in [0, 0.05) is 5.69 Å². The molecule has 0 spiro atoms. The lowest BCUT2D eigenvalue weighted by molar-refractivity contribution is 0.448. The van der Waals surface area contributed by atoms with Crippen LogP contribution in [0.3, 0.4) is 0 Å². The largest absolute Gasteiger partial charge is 0.453 e. The second-order valence-corrected chi connectivity index (χ2v) is 4.03.